The lowest BCUT2D eigenvalue weighted by Gasteiger charge is -2.13. The first-order valence-corrected chi connectivity index (χ1v) is 7.51. The number of hydrogen-bond donors (Lipinski definition) is 2. The molecule has 0 aromatic heterocycles. The van der Waals surface area contributed by atoms with Gasteiger partial charge in [-0.2, -0.15) is 0 Å². The van der Waals surface area contributed by atoms with E-state index in [4.69, 9.17) is 0 Å². The van der Waals surface area contributed by atoms with Gasteiger partial charge in [0.15, 0.2) is 0 Å². The first-order valence-electron chi connectivity index (χ1n) is 5.86. The third kappa shape index (κ3) is 4.72. The lowest BCUT2D eigenvalue weighted by atomic mass is 10.1. The van der Waals surface area contributed by atoms with Crippen molar-refractivity contribution in [2.45, 2.75) is 25.9 Å². The summed E-state index contributed by atoms with van der Waals surface area (Å²) in [7, 11) is -3.39. The molecule has 0 fully saturated rings. The van der Waals surface area contributed by atoms with Gasteiger partial charge in [0.2, 0.25) is 10.0 Å². The molecule has 18 heavy (non-hydrogen) atoms. The van der Waals surface area contributed by atoms with Crippen molar-refractivity contribution < 1.29 is 17.9 Å². The van der Waals surface area contributed by atoms with Gasteiger partial charge in [0.05, 0.1) is 11.9 Å². The van der Waals surface area contributed by atoms with Gasteiger partial charge in [0.1, 0.15) is 5.82 Å². The van der Waals surface area contributed by atoms with Crippen LogP contribution in [0, 0.1) is 5.82 Å². The average Bonchev–Trinajstić information content (AvgIpc) is 2.34. The standard InChI is InChI=1S/C12H18FNO3S/c1-2-3-8-18(16,17)14-9-12(15)10-6-4-5-7-11(10)13/h4-7,12,14-15H,2-3,8-9H2,1H3/t12-/m1/s1. The average molecular weight is 275 g/mol. The first kappa shape index (κ1) is 15.1. The van der Waals surface area contributed by atoms with E-state index in [1.165, 1.54) is 18.2 Å². The van der Waals surface area contributed by atoms with Gasteiger partial charge in [0.25, 0.3) is 0 Å². The Morgan fingerprint density at radius 3 is 2.67 bits per heavy atom. The van der Waals surface area contributed by atoms with Crippen molar-refractivity contribution in [2.75, 3.05) is 12.3 Å². The van der Waals surface area contributed by atoms with E-state index in [0.29, 0.717) is 6.42 Å². The molecule has 0 heterocycles. The summed E-state index contributed by atoms with van der Waals surface area (Å²) in [5.41, 5.74) is 0.0932. The minimum absolute atomic E-state index is 0.0213. The maximum atomic E-state index is 13.3. The number of sulfonamides is 1. The summed E-state index contributed by atoms with van der Waals surface area (Å²) in [4.78, 5) is 0. The van der Waals surface area contributed by atoms with Crippen molar-refractivity contribution in [3.8, 4) is 0 Å². The van der Waals surface area contributed by atoms with Gasteiger partial charge in [-0.25, -0.2) is 17.5 Å². The van der Waals surface area contributed by atoms with Crippen LogP contribution >= 0.6 is 0 Å². The molecule has 102 valence electrons. The van der Waals surface area contributed by atoms with E-state index in [-0.39, 0.29) is 17.9 Å². The molecule has 0 saturated heterocycles. The number of aliphatic hydroxyl groups is 1. The second kappa shape index (κ2) is 6.82. The molecule has 1 aromatic rings. The Morgan fingerprint density at radius 2 is 2.06 bits per heavy atom. The number of nitrogens with one attached hydrogen (secondary N) is 1. The summed E-state index contributed by atoms with van der Waals surface area (Å²) in [6.07, 6.45) is 0.157. The fourth-order valence-corrected chi connectivity index (χ4v) is 2.69. The Kier molecular flexibility index (Phi) is 5.71. The van der Waals surface area contributed by atoms with Gasteiger partial charge in [-0.15, -0.1) is 0 Å². The molecule has 0 aliphatic heterocycles. The zero-order valence-electron chi connectivity index (χ0n) is 10.3. The van der Waals surface area contributed by atoms with Crippen molar-refractivity contribution in [2.24, 2.45) is 0 Å². The lowest BCUT2D eigenvalue weighted by Crippen LogP contribution is -2.30. The minimum atomic E-state index is -3.39. The SMILES string of the molecule is CCCCS(=O)(=O)NC[C@@H](O)c1ccccc1F. The number of aliphatic hydroxyl groups excluding tert-OH is 1. The van der Waals surface area contributed by atoms with Crippen LogP contribution in [0.1, 0.15) is 31.4 Å². The smallest absolute Gasteiger partial charge is 0.211 e. The summed E-state index contributed by atoms with van der Waals surface area (Å²) in [6, 6.07) is 5.76. The normalized spacial score (nSPS) is 13.5. The fraction of sp³-hybridized carbons (Fsp3) is 0.500. The number of halogens is 1. The van der Waals surface area contributed by atoms with Crippen LogP contribution in [0.25, 0.3) is 0 Å². The van der Waals surface area contributed by atoms with Crippen LogP contribution in [0.2, 0.25) is 0 Å². The predicted octanol–water partition coefficient (Wildman–Crippen LogP) is 1.58. The van der Waals surface area contributed by atoms with Gasteiger partial charge in [-0.1, -0.05) is 31.5 Å². The van der Waals surface area contributed by atoms with E-state index in [9.17, 15) is 17.9 Å². The Labute approximate surface area is 107 Å². The lowest BCUT2D eigenvalue weighted by molar-refractivity contribution is 0.177. The molecule has 0 aliphatic rings. The zero-order valence-corrected chi connectivity index (χ0v) is 11.1. The molecule has 4 nitrogen and oxygen atoms in total. The molecule has 1 atom stereocenters. The van der Waals surface area contributed by atoms with Gasteiger partial charge in [-0.05, 0) is 12.5 Å². The number of benzene rings is 1. The highest BCUT2D eigenvalue weighted by atomic mass is 32.2. The Morgan fingerprint density at radius 1 is 1.39 bits per heavy atom. The molecule has 0 spiro atoms. The highest BCUT2D eigenvalue weighted by Gasteiger charge is 2.16. The summed E-state index contributed by atoms with van der Waals surface area (Å²) < 4.78 is 38.6. The maximum Gasteiger partial charge on any atom is 0.211 e. The fourth-order valence-electron chi connectivity index (χ4n) is 1.47. The summed E-state index contributed by atoms with van der Waals surface area (Å²) >= 11 is 0. The van der Waals surface area contributed by atoms with Crippen LogP contribution in [0.15, 0.2) is 24.3 Å². The van der Waals surface area contributed by atoms with Gasteiger partial charge >= 0.3 is 0 Å². The van der Waals surface area contributed by atoms with Crippen LogP contribution < -0.4 is 4.72 Å². The summed E-state index contributed by atoms with van der Waals surface area (Å²) in [6.45, 7) is 1.68. The van der Waals surface area contributed by atoms with Crippen LogP contribution in [0.3, 0.4) is 0 Å². The maximum absolute atomic E-state index is 13.3. The number of unbranched alkanes of at least 4 members (excludes halogenated alkanes) is 1. The second-order valence-electron chi connectivity index (χ2n) is 4.06. The largest absolute Gasteiger partial charge is 0.387 e. The summed E-state index contributed by atoms with van der Waals surface area (Å²) in [5.74, 6) is -0.522. The molecule has 1 rings (SSSR count). The molecule has 0 saturated carbocycles. The topological polar surface area (TPSA) is 66.4 Å². The van der Waals surface area contributed by atoms with Crippen molar-refractivity contribution in [1.82, 2.24) is 4.72 Å². The van der Waals surface area contributed by atoms with Crippen LogP contribution in [0.5, 0.6) is 0 Å². The van der Waals surface area contributed by atoms with Crippen LogP contribution in [-0.2, 0) is 10.0 Å². The van der Waals surface area contributed by atoms with E-state index in [0.717, 1.165) is 6.42 Å². The minimum Gasteiger partial charge on any atom is -0.387 e. The predicted molar refractivity (Wildman–Crippen MR) is 68.1 cm³/mol. The Balaban J connectivity index is 2.56. The van der Waals surface area contributed by atoms with Gasteiger partial charge in [-0.3, -0.25) is 0 Å². The highest BCUT2D eigenvalue weighted by molar-refractivity contribution is 7.89. The van der Waals surface area contributed by atoms with Crippen molar-refractivity contribution in [3.05, 3.63) is 35.6 Å². The molecule has 0 amide bonds. The molecule has 1 aromatic carbocycles. The molecular formula is C12H18FNO3S. The van der Waals surface area contributed by atoms with Crippen molar-refractivity contribution in [1.29, 1.82) is 0 Å². The highest BCUT2D eigenvalue weighted by Crippen LogP contribution is 2.15. The van der Waals surface area contributed by atoms with Crippen LogP contribution in [-0.4, -0.2) is 25.8 Å². The van der Waals surface area contributed by atoms with Crippen molar-refractivity contribution >= 4 is 10.0 Å². The number of hydrogen-bond acceptors (Lipinski definition) is 3. The van der Waals surface area contributed by atoms with Crippen molar-refractivity contribution in [3.63, 3.8) is 0 Å². The monoisotopic (exact) mass is 275 g/mol. The molecule has 2 N–H and O–H groups in total. The van der Waals surface area contributed by atoms with E-state index < -0.39 is 21.9 Å². The third-order valence-corrected chi connectivity index (χ3v) is 3.96. The van der Waals surface area contributed by atoms with E-state index in [2.05, 4.69) is 4.72 Å². The van der Waals surface area contributed by atoms with E-state index in [1.54, 1.807) is 6.07 Å². The molecular weight excluding hydrogens is 257 g/mol. The molecule has 0 unspecified atom stereocenters. The first-order chi connectivity index (χ1) is 8.46. The second-order valence-corrected chi connectivity index (χ2v) is 5.98. The number of rotatable bonds is 7. The zero-order chi connectivity index (χ0) is 13.6. The molecule has 0 aliphatic carbocycles. The molecule has 0 radical (unpaired) electrons. The Bertz CT molecular complexity index is 476. The summed E-state index contributed by atoms with van der Waals surface area (Å²) in [5, 5.41) is 9.72. The third-order valence-electron chi connectivity index (χ3n) is 2.53. The van der Waals surface area contributed by atoms with Crippen LogP contribution in [0.4, 0.5) is 4.39 Å². The quantitative estimate of drug-likeness (QED) is 0.794. The van der Waals surface area contributed by atoms with Gasteiger partial charge in [0, 0.05) is 12.1 Å². The Hall–Kier alpha value is -0.980. The van der Waals surface area contributed by atoms with E-state index in [1.807, 2.05) is 6.92 Å². The molecule has 6 heteroatoms. The van der Waals surface area contributed by atoms with E-state index >= 15 is 0 Å². The van der Waals surface area contributed by atoms with Gasteiger partial charge < -0.3 is 5.11 Å². The molecule has 0 bridgehead atoms.